The van der Waals surface area contributed by atoms with Gasteiger partial charge in [0.05, 0.1) is 0 Å². The van der Waals surface area contributed by atoms with Gasteiger partial charge >= 0.3 is 0 Å². The van der Waals surface area contributed by atoms with E-state index in [0.717, 1.165) is 35.8 Å². The van der Waals surface area contributed by atoms with Crippen molar-refractivity contribution < 1.29 is 10.2 Å². The van der Waals surface area contributed by atoms with Gasteiger partial charge in [-0.05, 0) is 96.0 Å². The smallest absolute Gasteiger partial charge is 0.119 e. The average Bonchev–Trinajstić information content (AvgIpc) is 3.14. The van der Waals surface area contributed by atoms with Crippen LogP contribution < -0.4 is 0 Å². The van der Waals surface area contributed by atoms with Gasteiger partial charge in [0.15, 0.2) is 0 Å². The molecule has 0 heterocycles. The van der Waals surface area contributed by atoms with Crippen LogP contribution in [0.1, 0.15) is 103 Å². The van der Waals surface area contributed by atoms with Crippen LogP contribution in [0.4, 0.5) is 0 Å². The van der Waals surface area contributed by atoms with E-state index in [9.17, 15) is 10.2 Å². The summed E-state index contributed by atoms with van der Waals surface area (Å²) in [5, 5.41) is 22.2. The zero-order valence-electron chi connectivity index (χ0n) is 18.6. The monoisotopic (exact) mass is 382 g/mol. The molecule has 0 aliphatic heterocycles. The van der Waals surface area contributed by atoms with Crippen molar-refractivity contribution >= 4 is 0 Å². The number of phenolic OH excluding ortho intramolecular Hbond substituents is 2. The Morgan fingerprint density at radius 1 is 0.679 bits per heavy atom. The first-order valence-corrected chi connectivity index (χ1v) is 11.5. The topological polar surface area (TPSA) is 40.5 Å². The highest BCUT2D eigenvalue weighted by Crippen LogP contribution is 2.73. The van der Waals surface area contributed by atoms with Crippen molar-refractivity contribution in [2.45, 2.75) is 91.9 Å². The molecule has 4 aliphatic rings. The number of hydrogen-bond donors (Lipinski definition) is 2. The molecule has 0 radical (unpaired) electrons. The van der Waals surface area contributed by atoms with Gasteiger partial charge in [0.1, 0.15) is 11.5 Å². The van der Waals surface area contributed by atoms with Crippen LogP contribution in [0.3, 0.4) is 0 Å². The Balaban J connectivity index is 1.54. The predicted octanol–water partition coefficient (Wildman–Crippen LogP) is 6.96. The van der Waals surface area contributed by atoms with E-state index in [1.807, 2.05) is 12.1 Å². The first-order chi connectivity index (χ1) is 12.9. The summed E-state index contributed by atoms with van der Waals surface area (Å²) < 4.78 is 0. The van der Waals surface area contributed by atoms with E-state index in [-0.39, 0.29) is 10.8 Å². The third kappa shape index (κ3) is 1.96. The molecule has 28 heavy (non-hydrogen) atoms. The van der Waals surface area contributed by atoms with E-state index in [1.54, 1.807) is 0 Å². The largest absolute Gasteiger partial charge is 0.508 e. The van der Waals surface area contributed by atoms with Gasteiger partial charge in [-0.15, -0.1) is 0 Å². The molecule has 6 atom stereocenters. The Morgan fingerprint density at radius 2 is 1.04 bits per heavy atom. The molecule has 6 unspecified atom stereocenters. The van der Waals surface area contributed by atoms with Crippen molar-refractivity contribution in [3.8, 4) is 11.5 Å². The van der Waals surface area contributed by atoms with Crippen LogP contribution >= 0.6 is 0 Å². The van der Waals surface area contributed by atoms with E-state index in [1.165, 1.54) is 25.7 Å². The van der Waals surface area contributed by atoms with Crippen LogP contribution in [0.25, 0.3) is 0 Å². The lowest BCUT2D eigenvalue weighted by molar-refractivity contribution is 0.132. The summed E-state index contributed by atoms with van der Waals surface area (Å²) in [5.41, 5.74) is 3.02. The molecule has 2 N–H and O–H groups in total. The van der Waals surface area contributed by atoms with Gasteiger partial charge in [-0.2, -0.15) is 0 Å². The van der Waals surface area contributed by atoms with Crippen LogP contribution in [0.5, 0.6) is 11.5 Å². The first kappa shape index (κ1) is 18.8. The standard InChI is InChI=1S/C26H38O2/c1-23(2)15-7-9-25(23,5)19(11-15)17-13-22(28)18(14-21(17)27)20-12-16-8-10-26(20,6)24(16,3)4/h13-16,19-20,27-28H,7-12H2,1-6H3. The quantitative estimate of drug-likeness (QED) is 0.543. The maximum atomic E-state index is 11.1. The molecule has 1 aromatic rings. The SMILES string of the molecule is CC1(C)C2CCC1(C)C(c1cc(O)c(C3CC4CCC3(C)C4(C)C)cc1O)C2. The molecule has 154 valence electrons. The van der Waals surface area contributed by atoms with Crippen molar-refractivity contribution in [1.29, 1.82) is 0 Å². The minimum Gasteiger partial charge on any atom is -0.508 e. The molecule has 0 aromatic heterocycles. The maximum Gasteiger partial charge on any atom is 0.119 e. The van der Waals surface area contributed by atoms with Gasteiger partial charge in [-0.3, -0.25) is 0 Å². The lowest BCUT2D eigenvalue weighted by Gasteiger charge is -2.41. The van der Waals surface area contributed by atoms with E-state index in [4.69, 9.17) is 0 Å². The zero-order chi connectivity index (χ0) is 20.3. The summed E-state index contributed by atoms with van der Waals surface area (Å²) in [5.74, 6) is 3.02. The van der Waals surface area contributed by atoms with Crippen molar-refractivity contribution in [2.24, 2.45) is 33.5 Å². The van der Waals surface area contributed by atoms with E-state index in [2.05, 4.69) is 41.5 Å². The number of phenols is 2. The van der Waals surface area contributed by atoms with Crippen LogP contribution in [-0.4, -0.2) is 10.2 Å². The Labute approximate surface area is 170 Å². The number of hydrogen-bond acceptors (Lipinski definition) is 2. The lowest BCUT2D eigenvalue weighted by Crippen LogP contribution is -2.32. The van der Waals surface area contributed by atoms with Crippen molar-refractivity contribution in [2.75, 3.05) is 0 Å². The minimum absolute atomic E-state index is 0.212. The van der Waals surface area contributed by atoms with Crippen LogP contribution in [-0.2, 0) is 0 Å². The molecule has 2 nitrogen and oxygen atoms in total. The van der Waals surface area contributed by atoms with Gasteiger partial charge in [0.2, 0.25) is 0 Å². The van der Waals surface area contributed by atoms with Crippen LogP contribution in [0, 0.1) is 33.5 Å². The van der Waals surface area contributed by atoms with Crippen LogP contribution in [0.15, 0.2) is 12.1 Å². The summed E-state index contributed by atoms with van der Waals surface area (Å²) in [4.78, 5) is 0. The first-order valence-electron chi connectivity index (χ1n) is 11.5. The highest BCUT2D eigenvalue weighted by molar-refractivity contribution is 5.51. The lowest BCUT2D eigenvalue weighted by atomic mass is 9.63. The summed E-state index contributed by atoms with van der Waals surface area (Å²) in [6.45, 7) is 14.5. The normalized spacial score (nSPS) is 45.1. The fourth-order valence-electron chi connectivity index (χ4n) is 8.52. The molecule has 2 heteroatoms. The summed E-state index contributed by atoms with van der Waals surface area (Å²) >= 11 is 0. The molecule has 4 aliphatic carbocycles. The molecular formula is C26H38O2. The summed E-state index contributed by atoms with van der Waals surface area (Å²) in [6, 6.07) is 3.89. The second-order valence-corrected chi connectivity index (χ2v) is 12.3. The fourth-order valence-corrected chi connectivity index (χ4v) is 8.52. The fraction of sp³-hybridized carbons (Fsp3) is 0.769. The van der Waals surface area contributed by atoms with Gasteiger partial charge in [-0.1, -0.05) is 41.5 Å². The van der Waals surface area contributed by atoms with Crippen molar-refractivity contribution in [3.05, 3.63) is 23.3 Å². The molecule has 4 saturated carbocycles. The second-order valence-electron chi connectivity index (χ2n) is 12.3. The number of rotatable bonds is 2. The third-order valence-electron chi connectivity index (χ3n) is 11.5. The predicted molar refractivity (Wildman–Crippen MR) is 114 cm³/mol. The molecular weight excluding hydrogens is 344 g/mol. The molecule has 0 saturated heterocycles. The molecule has 0 amide bonds. The number of aromatic hydroxyl groups is 2. The van der Waals surface area contributed by atoms with Gasteiger partial charge in [0.25, 0.3) is 0 Å². The van der Waals surface area contributed by atoms with E-state index < -0.39 is 0 Å². The minimum atomic E-state index is 0.212. The Morgan fingerprint density at radius 3 is 1.29 bits per heavy atom. The summed E-state index contributed by atoms with van der Waals surface area (Å²) in [6.07, 6.45) is 7.36. The maximum absolute atomic E-state index is 11.1. The Kier molecular flexibility index (Phi) is 3.56. The Bertz CT molecular complexity index is 767. The average molecular weight is 383 g/mol. The molecule has 5 rings (SSSR count). The summed E-state index contributed by atoms with van der Waals surface area (Å²) in [7, 11) is 0. The Hall–Kier alpha value is -1.18. The van der Waals surface area contributed by atoms with Gasteiger partial charge < -0.3 is 10.2 Å². The van der Waals surface area contributed by atoms with E-state index >= 15 is 0 Å². The van der Waals surface area contributed by atoms with Crippen molar-refractivity contribution in [3.63, 3.8) is 0 Å². The molecule has 4 fully saturated rings. The van der Waals surface area contributed by atoms with E-state index in [0.29, 0.717) is 34.2 Å². The van der Waals surface area contributed by atoms with Crippen LogP contribution in [0.2, 0.25) is 0 Å². The molecule has 0 spiro atoms. The number of benzene rings is 1. The molecule has 1 aromatic carbocycles. The van der Waals surface area contributed by atoms with Gasteiger partial charge in [0, 0.05) is 11.1 Å². The van der Waals surface area contributed by atoms with Gasteiger partial charge in [-0.25, -0.2) is 0 Å². The second kappa shape index (κ2) is 5.29. The zero-order valence-corrected chi connectivity index (χ0v) is 18.6. The highest BCUT2D eigenvalue weighted by atomic mass is 16.3. The third-order valence-corrected chi connectivity index (χ3v) is 11.5. The van der Waals surface area contributed by atoms with Crippen molar-refractivity contribution in [1.82, 2.24) is 0 Å². The number of fused-ring (bicyclic) bond motifs is 4. The highest BCUT2D eigenvalue weighted by Gasteiger charge is 2.63. The molecule has 4 bridgehead atoms.